The summed E-state index contributed by atoms with van der Waals surface area (Å²) in [7, 11) is 1.60. The fourth-order valence-corrected chi connectivity index (χ4v) is 3.56. The molecule has 0 radical (unpaired) electrons. The van der Waals surface area contributed by atoms with Crippen molar-refractivity contribution in [3.8, 4) is 5.75 Å². The number of nitrogens with zero attached hydrogens (tertiary/aromatic N) is 3. The Balaban J connectivity index is 1.40. The monoisotopic (exact) mass is 489 g/mol. The summed E-state index contributed by atoms with van der Waals surface area (Å²) < 4.78 is 11.0. The third kappa shape index (κ3) is 6.48. The van der Waals surface area contributed by atoms with Gasteiger partial charge in [0, 0.05) is 42.4 Å². The van der Waals surface area contributed by atoms with Gasteiger partial charge in [0.1, 0.15) is 11.6 Å². The number of carbonyl (C=O) groups is 2. The van der Waals surface area contributed by atoms with Gasteiger partial charge in [-0.3, -0.25) is 10.1 Å². The molecular weight excluding hydrogens is 462 g/mol. The van der Waals surface area contributed by atoms with Crippen molar-refractivity contribution in [2.45, 2.75) is 0 Å². The summed E-state index contributed by atoms with van der Waals surface area (Å²) in [5, 5.41) is 11.2. The van der Waals surface area contributed by atoms with Gasteiger partial charge in [-0.1, -0.05) is 12.6 Å². The van der Waals surface area contributed by atoms with Crippen LogP contribution in [0, 0.1) is 0 Å². The van der Waals surface area contributed by atoms with E-state index < -0.39 is 6.03 Å². The number of hydrogen-bond donors (Lipinski definition) is 4. The molecule has 0 bridgehead atoms. The summed E-state index contributed by atoms with van der Waals surface area (Å²) >= 11 is 0. The lowest BCUT2D eigenvalue weighted by molar-refractivity contribution is -0.111. The first-order valence-electron chi connectivity index (χ1n) is 11.3. The summed E-state index contributed by atoms with van der Waals surface area (Å²) in [6, 6.07) is 13.7. The van der Waals surface area contributed by atoms with Crippen LogP contribution < -0.4 is 30.9 Å². The number of hydrogen-bond acceptors (Lipinski definition) is 8. The lowest BCUT2D eigenvalue weighted by Crippen LogP contribution is -2.36. The maximum absolute atomic E-state index is 12.5. The molecule has 186 valence electrons. The standard InChI is InChI=1S/C25H27N7O4/c1-3-23(33)27-17-5-4-6-18(15-17)28-25(34)31-22-9-10-26-24(30-22)29-20-8-7-19(16-21(20)35-2)32-11-13-36-14-12-32/h3-10,15-16H,1,11-14H2,2H3,(H,27,33)(H3,26,28,29,30,31,34). The molecule has 0 unspecified atom stereocenters. The Morgan fingerprint density at radius 1 is 1.06 bits per heavy atom. The summed E-state index contributed by atoms with van der Waals surface area (Å²) in [6.07, 6.45) is 2.70. The largest absolute Gasteiger partial charge is 0.494 e. The molecule has 0 atom stereocenters. The second-order valence-corrected chi connectivity index (χ2v) is 7.73. The summed E-state index contributed by atoms with van der Waals surface area (Å²) in [5.74, 6) is 0.886. The van der Waals surface area contributed by atoms with Crippen LogP contribution in [0.2, 0.25) is 0 Å². The van der Waals surface area contributed by atoms with Crippen LogP contribution in [-0.2, 0) is 9.53 Å². The van der Waals surface area contributed by atoms with Gasteiger partial charge in [0.2, 0.25) is 11.9 Å². The van der Waals surface area contributed by atoms with Crippen molar-refractivity contribution in [1.29, 1.82) is 0 Å². The van der Waals surface area contributed by atoms with Crippen molar-refractivity contribution in [1.82, 2.24) is 9.97 Å². The third-order valence-corrected chi connectivity index (χ3v) is 5.28. The van der Waals surface area contributed by atoms with Gasteiger partial charge >= 0.3 is 6.03 Å². The number of carbonyl (C=O) groups excluding carboxylic acids is 2. The number of ether oxygens (including phenoxy) is 2. The van der Waals surface area contributed by atoms with E-state index in [1.54, 1.807) is 37.4 Å². The maximum atomic E-state index is 12.5. The van der Waals surface area contributed by atoms with Gasteiger partial charge in [0.05, 0.1) is 26.0 Å². The molecule has 0 saturated carbocycles. The smallest absolute Gasteiger partial charge is 0.324 e. The van der Waals surface area contributed by atoms with Gasteiger partial charge in [-0.2, -0.15) is 4.98 Å². The molecule has 4 rings (SSSR count). The van der Waals surface area contributed by atoms with Gasteiger partial charge < -0.3 is 30.3 Å². The van der Waals surface area contributed by atoms with Gasteiger partial charge in [-0.15, -0.1) is 0 Å². The molecule has 1 aliphatic rings. The molecule has 1 aliphatic heterocycles. The quantitative estimate of drug-likeness (QED) is 0.351. The molecule has 36 heavy (non-hydrogen) atoms. The van der Waals surface area contributed by atoms with E-state index in [2.05, 4.69) is 42.7 Å². The first-order valence-corrected chi connectivity index (χ1v) is 11.3. The highest BCUT2D eigenvalue weighted by Gasteiger charge is 2.14. The van der Waals surface area contributed by atoms with E-state index >= 15 is 0 Å². The Bertz CT molecular complexity index is 1240. The molecule has 0 aliphatic carbocycles. The fourth-order valence-electron chi connectivity index (χ4n) is 3.56. The Morgan fingerprint density at radius 3 is 2.58 bits per heavy atom. The Kier molecular flexibility index (Phi) is 7.94. The Hall–Kier alpha value is -4.64. The molecule has 2 aromatic carbocycles. The number of anilines is 6. The Labute approximate surface area is 208 Å². The van der Waals surface area contributed by atoms with E-state index in [9.17, 15) is 9.59 Å². The highest BCUT2D eigenvalue weighted by atomic mass is 16.5. The second kappa shape index (κ2) is 11.7. The zero-order chi connectivity index (χ0) is 25.3. The first-order chi connectivity index (χ1) is 17.5. The zero-order valence-corrected chi connectivity index (χ0v) is 19.8. The molecule has 2 heterocycles. The van der Waals surface area contributed by atoms with Crippen molar-refractivity contribution >= 4 is 46.5 Å². The van der Waals surface area contributed by atoms with E-state index in [0.717, 1.165) is 18.8 Å². The molecule has 0 spiro atoms. The Morgan fingerprint density at radius 2 is 1.83 bits per heavy atom. The van der Waals surface area contributed by atoms with Gasteiger partial charge in [-0.25, -0.2) is 9.78 Å². The lowest BCUT2D eigenvalue weighted by Gasteiger charge is -2.29. The van der Waals surface area contributed by atoms with Crippen LogP contribution in [0.1, 0.15) is 0 Å². The van der Waals surface area contributed by atoms with Crippen molar-refractivity contribution in [3.63, 3.8) is 0 Å². The number of urea groups is 1. The topological polar surface area (TPSA) is 130 Å². The summed E-state index contributed by atoms with van der Waals surface area (Å²) in [6.45, 7) is 6.45. The van der Waals surface area contributed by atoms with Crippen LogP contribution in [-0.4, -0.2) is 55.3 Å². The lowest BCUT2D eigenvalue weighted by atomic mass is 10.2. The molecule has 11 nitrogen and oxygen atoms in total. The number of benzene rings is 2. The predicted octanol–water partition coefficient (Wildman–Crippen LogP) is 3.83. The highest BCUT2D eigenvalue weighted by Crippen LogP contribution is 2.31. The molecule has 3 aromatic rings. The molecule has 4 N–H and O–H groups in total. The van der Waals surface area contributed by atoms with E-state index in [-0.39, 0.29) is 5.91 Å². The van der Waals surface area contributed by atoms with E-state index in [1.807, 2.05) is 18.2 Å². The van der Waals surface area contributed by atoms with Crippen molar-refractivity contribution < 1.29 is 19.1 Å². The minimum Gasteiger partial charge on any atom is -0.494 e. The van der Waals surface area contributed by atoms with Crippen LogP contribution in [0.5, 0.6) is 5.75 Å². The van der Waals surface area contributed by atoms with E-state index in [0.29, 0.717) is 47.8 Å². The van der Waals surface area contributed by atoms with Crippen molar-refractivity contribution in [2.24, 2.45) is 0 Å². The van der Waals surface area contributed by atoms with Crippen LogP contribution >= 0.6 is 0 Å². The van der Waals surface area contributed by atoms with E-state index in [4.69, 9.17) is 9.47 Å². The first kappa shape index (κ1) is 24.5. The summed E-state index contributed by atoms with van der Waals surface area (Å²) in [4.78, 5) is 34.8. The van der Waals surface area contributed by atoms with Gasteiger partial charge in [0.15, 0.2) is 0 Å². The fraction of sp³-hybridized carbons (Fsp3) is 0.200. The average Bonchev–Trinajstić information content (AvgIpc) is 2.89. The number of rotatable bonds is 8. The van der Waals surface area contributed by atoms with E-state index in [1.165, 1.54) is 12.3 Å². The number of methoxy groups -OCH3 is 1. The van der Waals surface area contributed by atoms with Crippen LogP contribution in [0.15, 0.2) is 67.4 Å². The molecule has 11 heteroatoms. The highest BCUT2D eigenvalue weighted by molar-refractivity contribution is 6.01. The number of aromatic nitrogens is 2. The predicted molar refractivity (Wildman–Crippen MR) is 139 cm³/mol. The van der Waals surface area contributed by atoms with Crippen molar-refractivity contribution in [3.05, 3.63) is 67.4 Å². The average molecular weight is 490 g/mol. The van der Waals surface area contributed by atoms with Crippen molar-refractivity contribution in [2.75, 3.05) is 59.6 Å². The molecule has 1 fully saturated rings. The van der Waals surface area contributed by atoms with Crippen LogP contribution in [0.3, 0.4) is 0 Å². The number of morpholine rings is 1. The normalized spacial score (nSPS) is 12.9. The minimum atomic E-state index is -0.501. The number of amides is 3. The molecule has 1 saturated heterocycles. The minimum absolute atomic E-state index is 0.291. The maximum Gasteiger partial charge on any atom is 0.324 e. The SMILES string of the molecule is C=CC(=O)Nc1cccc(NC(=O)Nc2ccnc(Nc3ccc(N4CCOCC4)cc3OC)n2)c1. The van der Waals surface area contributed by atoms with Gasteiger partial charge in [0.25, 0.3) is 0 Å². The second-order valence-electron chi connectivity index (χ2n) is 7.73. The molecular formula is C25H27N7O4. The third-order valence-electron chi connectivity index (χ3n) is 5.28. The zero-order valence-electron chi connectivity index (χ0n) is 19.8. The van der Waals surface area contributed by atoms with Crippen LogP contribution in [0.25, 0.3) is 0 Å². The summed E-state index contributed by atoms with van der Waals surface area (Å²) in [5.41, 5.74) is 2.75. The van der Waals surface area contributed by atoms with Crippen LogP contribution in [0.4, 0.5) is 39.3 Å². The molecule has 1 aromatic heterocycles. The molecule has 3 amide bonds. The van der Waals surface area contributed by atoms with Gasteiger partial charge in [-0.05, 0) is 42.5 Å². The number of nitrogens with one attached hydrogen (secondary N) is 4.